The summed E-state index contributed by atoms with van der Waals surface area (Å²) in [6, 6.07) is 5.95. The molecule has 16 heavy (non-hydrogen) atoms. The third kappa shape index (κ3) is 2.49. The Balaban J connectivity index is 2.17. The number of hydrogen-bond acceptors (Lipinski definition) is 5. The molecular formula is C11H14N4S. The van der Waals surface area contributed by atoms with E-state index in [-0.39, 0.29) is 0 Å². The topological polar surface area (TPSA) is 55.0 Å². The molecule has 0 bridgehead atoms. The molecule has 0 saturated carbocycles. The molecule has 0 radical (unpaired) electrons. The van der Waals surface area contributed by atoms with E-state index in [4.69, 9.17) is 5.73 Å². The van der Waals surface area contributed by atoms with Crippen molar-refractivity contribution in [2.24, 2.45) is 0 Å². The second-order valence-corrected chi connectivity index (χ2v) is 4.67. The van der Waals surface area contributed by atoms with Gasteiger partial charge in [0.1, 0.15) is 17.5 Å². The average molecular weight is 234 g/mol. The normalized spacial score (nSPS) is 10.4. The van der Waals surface area contributed by atoms with Crippen LogP contribution in [0.1, 0.15) is 10.7 Å². The summed E-state index contributed by atoms with van der Waals surface area (Å²) in [6.45, 7) is 2.69. The lowest BCUT2D eigenvalue weighted by Crippen LogP contribution is -2.18. The second kappa shape index (κ2) is 4.49. The van der Waals surface area contributed by atoms with Gasteiger partial charge >= 0.3 is 0 Å². The maximum absolute atomic E-state index is 5.70. The summed E-state index contributed by atoms with van der Waals surface area (Å²) in [7, 11) is 2.00. The SMILES string of the molecule is Cc1nc(N)cc(N(C)Cc2cccs2)n1. The molecule has 0 unspecified atom stereocenters. The Kier molecular flexibility index (Phi) is 3.05. The van der Waals surface area contributed by atoms with E-state index in [0.29, 0.717) is 11.6 Å². The van der Waals surface area contributed by atoms with Crippen LogP contribution in [0.4, 0.5) is 11.6 Å². The first-order valence-corrected chi connectivity index (χ1v) is 5.88. The summed E-state index contributed by atoms with van der Waals surface area (Å²) in [4.78, 5) is 11.8. The van der Waals surface area contributed by atoms with E-state index in [1.807, 2.05) is 20.0 Å². The minimum Gasteiger partial charge on any atom is -0.384 e. The van der Waals surface area contributed by atoms with Crippen LogP contribution in [-0.4, -0.2) is 17.0 Å². The zero-order valence-electron chi connectivity index (χ0n) is 9.34. The zero-order chi connectivity index (χ0) is 11.5. The van der Waals surface area contributed by atoms with E-state index >= 15 is 0 Å². The van der Waals surface area contributed by atoms with Crippen LogP contribution in [0.25, 0.3) is 0 Å². The van der Waals surface area contributed by atoms with Crippen LogP contribution in [-0.2, 0) is 6.54 Å². The summed E-state index contributed by atoms with van der Waals surface area (Å²) in [5, 5.41) is 2.07. The lowest BCUT2D eigenvalue weighted by molar-refractivity contribution is 0.893. The first-order chi connectivity index (χ1) is 7.65. The minimum absolute atomic E-state index is 0.514. The van der Waals surface area contributed by atoms with Crippen LogP contribution < -0.4 is 10.6 Å². The van der Waals surface area contributed by atoms with E-state index in [0.717, 1.165) is 12.4 Å². The van der Waals surface area contributed by atoms with Gasteiger partial charge in [-0.25, -0.2) is 9.97 Å². The van der Waals surface area contributed by atoms with Crippen molar-refractivity contribution in [3.8, 4) is 0 Å². The molecule has 2 N–H and O–H groups in total. The quantitative estimate of drug-likeness (QED) is 0.883. The second-order valence-electron chi connectivity index (χ2n) is 3.63. The molecule has 0 atom stereocenters. The molecule has 0 spiro atoms. The molecule has 84 valence electrons. The average Bonchev–Trinajstić information content (AvgIpc) is 2.68. The maximum atomic E-state index is 5.70. The monoisotopic (exact) mass is 234 g/mol. The van der Waals surface area contributed by atoms with Crippen molar-refractivity contribution < 1.29 is 0 Å². The van der Waals surface area contributed by atoms with Crippen molar-refractivity contribution in [1.29, 1.82) is 0 Å². The van der Waals surface area contributed by atoms with Crippen molar-refractivity contribution in [2.75, 3.05) is 17.7 Å². The fourth-order valence-corrected chi connectivity index (χ4v) is 2.24. The fraction of sp³-hybridized carbons (Fsp3) is 0.273. The lowest BCUT2D eigenvalue weighted by atomic mass is 10.4. The van der Waals surface area contributed by atoms with Crippen LogP contribution in [0, 0.1) is 6.92 Å². The highest BCUT2D eigenvalue weighted by Gasteiger charge is 2.06. The third-order valence-corrected chi connectivity index (χ3v) is 3.07. The van der Waals surface area contributed by atoms with Crippen molar-refractivity contribution in [3.63, 3.8) is 0 Å². The Morgan fingerprint density at radius 2 is 2.25 bits per heavy atom. The Bertz CT molecular complexity index is 447. The summed E-state index contributed by atoms with van der Waals surface area (Å²) in [5.74, 6) is 2.08. The first-order valence-electron chi connectivity index (χ1n) is 5.00. The number of rotatable bonds is 3. The highest BCUT2D eigenvalue weighted by atomic mass is 32.1. The number of aryl methyl sites for hydroxylation is 1. The van der Waals surface area contributed by atoms with E-state index in [1.165, 1.54) is 4.88 Å². The largest absolute Gasteiger partial charge is 0.384 e. The van der Waals surface area contributed by atoms with Gasteiger partial charge in [0.25, 0.3) is 0 Å². The number of nitrogen functional groups attached to an aromatic ring is 1. The molecule has 5 heteroatoms. The summed E-state index contributed by atoms with van der Waals surface area (Å²) < 4.78 is 0. The van der Waals surface area contributed by atoms with E-state index in [2.05, 4.69) is 26.3 Å². The van der Waals surface area contributed by atoms with Crippen molar-refractivity contribution in [2.45, 2.75) is 13.5 Å². The molecule has 0 aromatic carbocycles. The van der Waals surface area contributed by atoms with Gasteiger partial charge in [-0.3, -0.25) is 0 Å². The minimum atomic E-state index is 0.514. The van der Waals surface area contributed by atoms with Crippen LogP contribution >= 0.6 is 11.3 Å². The molecule has 0 aliphatic heterocycles. The van der Waals surface area contributed by atoms with E-state index in [9.17, 15) is 0 Å². The van der Waals surface area contributed by atoms with Gasteiger partial charge < -0.3 is 10.6 Å². The Hall–Kier alpha value is -1.62. The van der Waals surface area contributed by atoms with Gasteiger partial charge in [-0.2, -0.15) is 0 Å². The number of nitrogens with two attached hydrogens (primary N) is 1. The molecule has 0 fully saturated rings. The van der Waals surface area contributed by atoms with Gasteiger partial charge in [0.15, 0.2) is 0 Å². The molecule has 2 aromatic heterocycles. The number of aromatic nitrogens is 2. The number of hydrogen-bond donors (Lipinski definition) is 1. The van der Waals surface area contributed by atoms with Gasteiger partial charge in [-0.15, -0.1) is 11.3 Å². The molecule has 2 rings (SSSR count). The van der Waals surface area contributed by atoms with Gasteiger partial charge in [-0.1, -0.05) is 6.07 Å². The summed E-state index contributed by atoms with van der Waals surface area (Å²) in [6.07, 6.45) is 0. The fourth-order valence-electron chi connectivity index (χ4n) is 1.49. The number of anilines is 2. The predicted molar refractivity (Wildman–Crippen MR) is 67.6 cm³/mol. The van der Waals surface area contributed by atoms with Gasteiger partial charge in [0, 0.05) is 18.0 Å². The van der Waals surface area contributed by atoms with Crippen molar-refractivity contribution >= 4 is 23.0 Å². The van der Waals surface area contributed by atoms with Crippen molar-refractivity contribution in [1.82, 2.24) is 9.97 Å². The molecular weight excluding hydrogens is 220 g/mol. The Labute approximate surface area is 98.8 Å². The van der Waals surface area contributed by atoms with Crippen LogP contribution in [0.5, 0.6) is 0 Å². The highest BCUT2D eigenvalue weighted by molar-refractivity contribution is 7.09. The predicted octanol–water partition coefficient (Wildman–Crippen LogP) is 2.07. The summed E-state index contributed by atoms with van der Waals surface area (Å²) in [5.41, 5.74) is 5.70. The lowest BCUT2D eigenvalue weighted by Gasteiger charge is -2.17. The first kappa shape index (κ1) is 10.9. The molecule has 2 aromatic rings. The van der Waals surface area contributed by atoms with Crippen molar-refractivity contribution in [3.05, 3.63) is 34.3 Å². The van der Waals surface area contributed by atoms with Gasteiger partial charge in [0.2, 0.25) is 0 Å². The summed E-state index contributed by atoms with van der Waals surface area (Å²) >= 11 is 1.74. The smallest absolute Gasteiger partial charge is 0.134 e. The molecule has 0 saturated heterocycles. The van der Waals surface area contributed by atoms with Gasteiger partial charge in [-0.05, 0) is 18.4 Å². The molecule has 0 aliphatic carbocycles. The molecule has 0 aliphatic rings. The third-order valence-electron chi connectivity index (χ3n) is 2.21. The zero-order valence-corrected chi connectivity index (χ0v) is 10.2. The van der Waals surface area contributed by atoms with E-state index in [1.54, 1.807) is 17.4 Å². The van der Waals surface area contributed by atoms with Crippen LogP contribution in [0.3, 0.4) is 0 Å². The standard InChI is InChI=1S/C11H14N4S/c1-8-13-10(12)6-11(14-8)15(2)7-9-4-3-5-16-9/h3-6H,7H2,1-2H3,(H2,12,13,14). The Morgan fingerprint density at radius 3 is 2.88 bits per heavy atom. The number of nitrogens with zero attached hydrogens (tertiary/aromatic N) is 3. The van der Waals surface area contributed by atoms with Gasteiger partial charge in [0.05, 0.1) is 6.54 Å². The molecule has 0 amide bonds. The van der Waals surface area contributed by atoms with Crippen LogP contribution in [0.2, 0.25) is 0 Å². The maximum Gasteiger partial charge on any atom is 0.134 e. The molecule has 2 heterocycles. The highest BCUT2D eigenvalue weighted by Crippen LogP contribution is 2.17. The number of thiophene rings is 1. The molecule has 4 nitrogen and oxygen atoms in total. The van der Waals surface area contributed by atoms with E-state index < -0.39 is 0 Å². The van der Waals surface area contributed by atoms with Crippen LogP contribution in [0.15, 0.2) is 23.6 Å². The Morgan fingerprint density at radius 1 is 1.44 bits per heavy atom.